The van der Waals surface area contributed by atoms with E-state index in [1.54, 1.807) is 0 Å². The molecule has 2 unspecified atom stereocenters. The third-order valence-electron chi connectivity index (χ3n) is 2.51. The van der Waals surface area contributed by atoms with E-state index in [-0.39, 0.29) is 0 Å². The van der Waals surface area contributed by atoms with Gasteiger partial charge in [0.15, 0.2) is 0 Å². The summed E-state index contributed by atoms with van der Waals surface area (Å²) in [5.41, 5.74) is 0. The van der Waals surface area contributed by atoms with Gasteiger partial charge in [-0.2, -0.15) is 0 Å². The van der Waals surface area contributed by atoms with Crippen molar-refractivity contribution in [2.75, 3.05) is 7.05 Å². The Morgan fingerprint density at radius 1 is 1.56 bits per heavy atom. The van der Waals surface area contributed by atoms with Crippen LogP contribution in [0.4, 0.5) is 0 Å². The summed E-state index contributed by atoms with van der Waals surface area (Å²) in [6, 6.07) is 1.76. The number of nitrogens with zero attached hydrogens (tertiary/aromatic N) is 1. The van der Waals surface area contributed by atoms with Crippen molar-refractivity contribution in [3.05, 3.63) is 0 Å². The number of hydrogen-bond donors (Lipinski definition) is 0. The van der Waals surface area contributed by atoms with E-state index < -0.39 is 0 Å². The van der Waals surface area contributed by atoms with E-state index >= 15 is 0 Å². The third kappa shape index (κ3) is 1.26. The van der Waals surface area contributed by atoms with Gasteiger partial charge in [0, 0.05) is 12.1 Å². The molecule has 0 amide bonds. The standard InChI is InChI=1S/C8H17N/c1-4-5-8-6-7(2)9(8)3/h7-8H,4-6H2,1-3H3. The molecule has 0 aliphatic carbocycles. The zero-order valence-corrected chi connectivity index (χ0v) is 6.72. The van der Waals surface area contributed by atoms with E-state index in [1.807, 2.05) is 0 Å². The maximum absolute atomic E-state index is 2.48. The summed E-state index contributed by atoms with van der Waals surface area (Å²) in [6.45, 7) is 4.56. The molecule has 0 aromatic carbocycles. The zero-order valence-electron chi connectivity index (χ0n) is 6.72. The van der Waals surface area contributed by atoms with Crippen LogP contribution in [0.2, 0.25) is 0 Å². The molecule has 54 valence electrons. The minimum Gasteiger partial charge on any atom is -0.301 e. The molecule has 1 rings (SSSR count). The second-order valence-electron chi connectivity index (χ2n) is 3.19. The Morgan fingerprint density at radius 3 is 2.56 bits per heavy atom. The Kier molecular flexibility index (Phi) is 2.12. The molecule has 2 atom stereocenters. The van der Waals surface area contributed by atoms with Crippen LogP contribution in [-0.2, 0) is 0 Å². The summed E-state index contributed by atoms with van der Waals surface area (Å²) in [6.07, 6.45) is 4.15. The van der Waals surface area contributed by atoms with Crippen LogP contribution in [-0.4, -0.2) is 24.0 Å². The van der Waals surface area contributed by atoms with Gasteiger partial charge in [-0.25, -0.2) is 0 Å². The van der Waals surface area contributed by atoms with Gasteiger partial charge in [-0.15, -0.1) is 0 Å². The highest BCUT2D eigenvalue weighted by atomic mass is 15.2. The Bertz CT molecular complexity index is 88.6. The van der Waals surface area contributed by atoms with Crippen molar-refractivity contribution in [1.29, 1.82) is 0 Å². The topological polar surface area (TPSA) is 3.24 Å². The molecule has 0 N–H and O–H groups in total. The predicted molar refractivity (Wildman–Crippen MR) is 40.5 cm³/mol. The van der Waals surface area contributed by atoms with Crippen molar-refractivity contribution in [3.8, 4) is 0 Å². The average Bonchev–Trinajstić information content (AvgIpc) is 1.88. The summed E-state index contributed by atoms with van der Waals surface area (Å²) in [5, 5.41) is 0. The van der Waals surface area contributed by atoms with Crippen molar-refractivity contribution < 1.29 is 0 Å². The van der Waals surface area contributed by atoms with Crippen LogP contribution in [0, 0.1) is 0 Å². The number of rotatable bonds is 2. The molecule has 0 spiro atoms. The molecule has 1 heteroatoms. The lowest BCUT2D eigenvalue weighted by molar-refractivity contribution is 0.0501. The predicted octanol–water partition coefficient (Wildman–Crippen LogP) is 1.88. The van der Waals surface area contributed by atoms with Gasteiger partial charge in [0.2, 0.25) is 0 Å². The smallest absolute Gasteiger partial charge is 0.0110 e. The minimum absolute atomic E-state index is 0.849. The first-order chi connectivity index (χ1) is 4.25. The molecule has 0 saturated carbocycles. The maximum atomic E-state index is 2.48. The van der Waals surface area contributed by atoms with Crippen molar-refractivity contribution in [2.24, 2.45) is 0 Å². The molecule has 0 bridgehead atoms. The zero-order chi connectivity index (χ0) is 6.85. The Hall–Kier alpha value is -0.0400. The lowest BCUT2D eigenvalue weighted by Gasteiger charge is -2.44. The van der Waals surface area contributed by atoms with Gasteiger partial charge >= 0.3 is 0 Å². The quantitative estimate of drug-likeness (QED) is 0.547. The third-order valence-corrected chi connectivity index (χ3v) is 2.51. The van der Waals surface area contributed by atoms with Crippen molar-refractivity contribution in [2.45, 2.75) is 45.2 Å². The fourth-order valence-electron chi connectivity index (χ4n) is 1.60. The molecule has 0 aromatic heterocycles. The van der Waals surface area contributed by atoms with Crippen LogP contribution in [0.5, 0.6) is 0 Å². The van der Waals surface area contributed by atoms with Gasteiger partial charge in [0.25, 0.3) is 0 Å². The van der Waals surface area contributed by atoms with Crippen LogP contribution in [0.3, 0.4) is 0 Å². The molecule has 9 heavy (non-hydrogen) atoms. The van der Waals surface area contributed by atoms with E-state index in [4.69, 9.17) is 0 Å². The van der Waals surface area contributed by atoms with E-state index in [1.165, 1.54) is 19.3 Å². The van der Waals surface area contributed by atoms with Gasteiger partial charge < -0.3 is 4.90 Å². The largest absolute Gasteiger partial charge is 0.301 e. The van der Waals surface area contributed by atoms with E-state index in [9.17, 15) is 0 Å². The minimum atomic E-state index is 0.849. The van der Waals surface area contributed by atoms with Gasteiger partial charge in [-0.1, -0.05) is 13.3 Å². The highest BCUT2D eigenvalue weighted by molar-refractivity contribution is 4.86. The van der Waals surface area contributed by atoms with Crippen molar-refractivity contribution in [1.82, 2.24) is 4.90 Å². The first-order valence-corrected chi connectivity index (χ1v) is 3.97. The normalized spacial score (nSPS) is 36.3. The molecular weight excluding hydrogens is 110 g/mol. The van der Waals surface area contributed by atoms with Crippen LogP contribution < -0.4 is 0 Å². The molecule has 1 nitrogen and oxygen atoms in total. The first kappa shape index (κ1) is 7.07. The lowest BCUT2D eigenvalue weighted by Crippen LogP contribution is -2.51. The number of hydrogen-bond acceptors (Lipinski definition) is 1. The molecule has 0 aromatic rings. The highest BCUT2D eigenvalue weighted by Gasteiger charge is 2.30. The molecule has 1 fully saturated rings. The summed E-state index contributed by atoms with van der Waals surface area (Å²) < 4.78 is 0. The van der Waals surface area contributed by atoms with Gasteiger partial charge in [0.1, 0.15) is 0 Å². The van der Waals surface area contributed by atoms with Crippen LogP contribution in [0.1, 0.15) is 33.1 Å². The summed E-state index contributed by atoms with van der Waals surface area (Å²) >= 11 is 0. The summed E-state index contributed by atoms with van der Waals surface area (Å²) in [5.74, 6) is 0. The Labute approximate surface area is 58.0 Å². The van der Waals surface area contributed by atoms with E-state index in [2.05, 4.69) is 25.8 Å². The van der Waals surface area contributed by atoms with Crippen LogP contribution >= 0.6 is 0 Å². The van der Waals surface area contributed by atoms with Gasteiger partial charge in [-0.3, -0.25) is 0 Å². The van der Waals surface area contributed by atoms with Crippen molar-refractivity contribution >= 4 is 0 Å². The number of likely N-dealkylation sites (tertiary alicyclic amines) is 1. The maximum Gasteiger partial charge on any atom is 0.0110 e. The monoisotopic (exact) mass is 127 g/mol. The SMILES string of the molecule is CCCC1CC(C)N1C. The highest BCUT2D eigenvalue weighted by Crippen LogP contribution is 2.25. The van der Waals surface area contributed by atoms with Crippen LogP contribution in [0.25, 0.3) is 0 Å². The van der Waals surface area contributed by atoms with E-state index in [0.29, 0.717) is 0 Å². The first-order valence-electron chi connectivity index (χ1n) is 3.97. The Morgan fingerprint density at radius 2 is 2.22 bits per heavy atom. The lowest BCUT2D eigenvalue weighted by atomic mass is 9.92. The van der Waals surface area contributed by atoms with Crippen molar-refractivity contribution in [3.63, 3.8) is 0 Å². The van der Waals surface area contributed by atoms with Gasteiger partial charge in [0.05, 0.1) is 0 Å². The molecule has 0 radical (unpaired) electrons. The fraction of sp³-hybridized carbons (Fsp3) is 1.00. The van der Waals surface area contributed by atoms with E-state index in [0.717, 1.165) is 12.1 Å². The molecule has 1 heterocycles. The fourth-order valence-corrected chi connectivity index (χ4v) is 1.60. The summed E-state index contributed by atoms with van der Waals surface area (Å²) in [4.78, 5) is 2.48. The molecular formula is C8H17N. The van der Waals surface area contributed by atoms with Crippen LogP contribution in [0.15, 0.2) is 0 Å². The second kappa shape index (κ2) is 2.70. The Balaban J connectivity index is 2.17. The molecule has 1 aliphatic heterocycles. The van der Waals surface area contributed by atoms with Gasteiger partial charge in [-0.05, 0) is 26.8 Å². The average molecular weight is 127 g/mol. The molecule has 1 saturated heterocycles. The summed E-state index contributed by atoms with van der Waals surface area (Å²) in [7, 11) is 2.23. The molecule has 1 aliphatic rings. The second-order valence-corrected chi connectivity index (χ2v) is 3.19.